The van der Waals surface area contributed by atoms with Gasteiger partial charge in [0, 0.05) is 22.6 Å². The molecule has 2 aromatic rings. The summed E-state index contributed by atoms with van der Waals surface area (Å²) in [5, 5.41) is 14.2. The van der Waals surface area contributed by atoms with Crippen LogP contribution in [0.15, 0.2) is 35.7 Å². The van der Waals surface area contributed by atoms with Crippen LogP contribution >= 0.6 is 11.3 Å². The number of rotatable bonds is 7. The van der Waals surface area contributed by atoms with E-state index in [0.717, 1.165) is 11.3 Å². The van der Waals surface area contributed by atoms with Crippen LogP contribution in [0.2, 0.25) is 0 Å². The molecule has 2 N–H and O–H groups in total. The maximum Gasteiger partial charge on any atom is 0.341 e. The molecule has 2 atom stereocenters. The molecule has 31 heavy (non-hydrogen) atoms. The van der Waals surface area contributed by atoms with E-state index in [1.807, 2.05) is 0 Å². The molecule has 1 aromatic heterocycles. The number of nitrogens with one attached hydrogen (secondary N) is 1. The van der Waals surface area contributed by atoms with Crippen LogP contribution in [0.1, 0.15) is 23.2 Å². The predicted molar refractivity (Wildman–Crippen MR) is 116 cm³/mol. The van der Waals surface area contributed by atoms with E-state index in [-0.39, 0.29) is 12.0 Å². The van der Waals surface area contributed by atoms with Crippen molar-refractivity contribution in [2.75, 3.05) is 26.6 Å². The van der Waals surface area contributed by atoms with Crippen molar-refractivity contribution in [2.24, 2.45) is 11.8 Å². The first-order chi connectivity index (χ1) is 14.9. The third-order valence-corrected chi connectivity index (χ3v) is 6.10. The number of methoxy groups -OCH3 is 3. The number of carboxylic acid groups (broad SMARTS) is 1. The molecule has 0 saturated heterocycles. The first kappa shape index (κ1) is 22.4. The molecule has 1 heterocycles. The molecular formula is C22H23NO7S. The van der Waals surface area contributed by atoms with E-state index in [4.69, 9.17) is 14.2 Å². The molecule has 0 saturated carbocycles. The summed E-state index contributed by atoms with van der Waals surface area (Å²) in [4.78, 5) is 37.1. The summed E-state index contributed by atoms with van der Waals surface area (Å²) in [6.45, 7) is 0. The average molecular weight is 445 g/mol. The molecule has 8 nitrogen and oxygen atoms in total. The smallest absolute Gasteiger partial charge is 0.341 e. The minimum Gasteiger partial charge on any atom is -0.497 e. The standard InChI is InChI=1S/C22H23NO7S/c1-28-12-8-9-13(17(10-12)29-2)16-11-31-20(18(16)22(27)30-3)23-19(24)14-6-4-5-7-15(14)21(25)26/h4-5,8-11,14-15H,6-7H2,1-3H3,(H,23,24)(H,25,26)/t14-,15+/m0/s1. The third-order valence-electron chi connectivity index (χ3n) is 5.20. The van der Waals surface area contributed by atoms with E-state index in [1.54, 1.807) is 35.7 Å². The van der Waals surface area contributed by atoms with Crippen LogP contribution < -0.4 is 14.8 Å². The van der Waals surface area contributed by atoms with Gasteiger partial charge < -0.3 is 24.6 Å². The van der Waals surface area contributed by atoms with E-state index >= 15 is 0 Å². The van der Waals surface area contributed by atoms with Crippen LogP contribution in [-0.4, -0.2) is 44.3 Å². The van der Waals surface area contributed by atoms with Crippen LogP contribution in [0.5, 0.6) is 11.5 Å². The van der Waals surface area contributed by atoms with Gasteiger partial charge in [0.25, 0.3) is 0 Å². The van der Waals surface area contributed by atoms with Crippen LogP contribution in [0.25, 0.3) is 11.1 Å². The largest absolute Gasteiger partial charge is 0.497 e. The fraction of sp³-hybridized carbons (Fsp3) is 0.318. The number of hydrogen-bond donors (Lipinski definition) is 2. The van der Waals surface area contributed by atoms with Crippen molar-refractivity contribution >= 4 is 34.2 Å². The Bertz CT molecular complexity index is 1030. The molecule has 0 fully saturated rings. The Labute approximate surface area is 183 Å². The van der Waals surface area contributed by atoms with E-state index in [2.05, 4.69) is 5.32 Å². The highest BCUT2D eigenvalue weighted by Crippen LogP contribution is 2.42. The third kappa shape index (κ3) is 4.56. The first-order valence-corrected chi connectivity index (χ1v) is 10.4. The number of amides is 1. The molecule has 9 heteroatoms. The van der Waals surface area contributed by atoms with Crippen molar-refractivity contribution in [3.63, 3.8) is 0 Å². The lowest BCUT2D eigenvalue weighted by molar-refractivity contribution is -0.146. The molecule has 0 spiro atoms. The fourth-order valence-corrected chi connectivity index (χ4v) is 4.51. The second-order valence-electron chi connectivity index (χ2n) is 6.89. The molecule has 164 valence electrons. The molecule has 1 aliphatic carbocycles. The SMILES string of the molecule is COC(=O)c1c(-c2ccc(OC)cc2OC)csc1NC(=O)[C@H]1CC=CC[C@H]1C(=O)O. The number of anilines is 1. The molecule has 0 bridgehead atoms. The van der Waals surface area contributed by atoms with E-state index in [9.17, 15) is 19.5 Å². The van der Waals surface area contributed by atoms with Gasteiger partial charge in [-0.3, -0.25) is 9.59 Å². The number of carbonyl (C=O) groups is 3. The van der Waals surface area contributed by atoms with Crippen molar-refractivity contribution in [3.05, 3.63) is 41.3 Å². The molecule has 1 aromatic carbocycles. The predicted octanol–water partition coefficient (Wildman–Crippen LogP) is 3.82. The van der Waals surface area contributed by atoms with Gasteiger partial charge in [0.15, 0.2) is 0 Å². The lowest BCUT2D eigenvalue weighted by Gasteiger charge is -2.24. The first-order valence-electron chi connectivity index (χ1n) is 9.52. The van der Waals surface area contributed by atoms with Gasteiger partial charge in [0.05, 0.1) is 33.2 Å². The van der Waals surface area contributed by atoms with E-state index in [1.165, 1.54) is 21.3 Å². The highest BCUT2D eigenvalue weighted by Gasteiger charge is 2.35. The number of thiophene rings is 1. The number of hydrogen-bond acceptors (Lipinski definition) is 7. The molecule has 0 unspecified atom stereocenters. The zero-order valence-corrected chi connectivity index (χ0v) is 18.2. The van der Waals surface area contributed by atoms with Gasteiger partial charge >= 0.3 is 11.9 Å². The minimum absolute atomic E-state index is 0.183. The summed E-state index contributed by atoms with van der Waals surface area (Å²) < 4.78 is 15.6. The second-order valence-corrected chi connectivity index (χ2v) is 7.77. The summed E-state index contributed by atoms with van der Waals surface area (Å²) in [6.07, 6.45) is 4.17. The Morgan fingerprint density at radius 3 is 2.35 bits per heavy atom. The Balaban J connectivity index is 1.99. The Morgan fingerprint density at radius 2 is 1.74 bits per heavy atom. The number of carboxylic acids is 1. The van der Waals surface area contributed by atoms with Gasteiger partial charge in [0.2, 0.25) is 5.91 Å². The zero-order chi connectivity index (χ0) is 22.5. The average Bonchev–Trinajstić information content (AvgIpc) is 3.20. The van der Waals surface area contributed by atoms with Gasteiger partial charge in [-0.1, -0.05) is 12.2 Å². The molecular weight excluding hydrogens is 422 g/mol. The quantitative estimate of drug-likeness (QED) is 0.492. The maximum absolute atomic E-state index is 12.9. The van der Waals surface area contributed by atoms with Crippen molar-refractivity contribution in [1.29, 1.82) is 0 Å². The van der Waals surface area contributed by atoms with Crippen molar-refractivity contribution in [1.82, 2.24) is 0 Å². The summed E-state index contributed by atoms with van der Waals surface area (Å²) in [6, 6.07) is 5.18. The van der Waals surface area contributed by atoms with E-state index < -0.39 is 29.7 Å². The highest BCUT2D eigenvalue weighted by atomic mass is 32.1. The van der Waals surface area contributed by atoms with Gasteiger partial charge in [-0.2, -0.15) is 0 Å². The lowest BCUT2D eigenvalue weighted by atomic mass is 9.82. The zero-order valence-electron chi connectivity index (χ0n) is 17.3. The Kier molecular flexibility index (Phi) is 6.96. The number of benzene rings is 1. The van der Waals surface area contributed by atoms with E-state index in [0.29, 0.717) is 34.0 Å². The monoisotopic (exact) mass is 445 g/mol. The summed E-state index contributed by atoms with van der Waals surface area (Å²) in [5.41, 5.74) is 1.34. The Hall–Kier alpha value is -3.33. The van der Waals surface area contributed by atoms with Crippen molar-refractivity contribution in [3.8, 4) is 22.6 Å². The van der Waals surface area contributed by atoms with Gasteiger partial charge in [0.1, 0.15) is 22.1 Å². The van der Waals surface area contributed by atoms with Crippen LogP contribution in [0.4, 0.5) is 5.00 Å². The molecule has 0 radical (unpaired) electrons. The lowest BCUT2D eigenvalue weighted by Crippen LogP contribution is -2.34. The number of aliphatic carboxylic acids is 1. The molecule has 0 aliphatic heterocycles. The van der Waals surface area contributed by atoms with Gasteiger partial charge in [-0.15, -0.1) is 11.3 Å². The van der Waals surface area contributed by atoms with Crippen LogP contribution in [0.3, 0.4) is 0 Å². The number of allylic oxidation sites excluding steroid dienone is 2. The van der Waals surface area contributed by atoms with Crippen molar-refractivity contribution in [2.45, 2.75) is 12.8 Å². The number of carbonyl (C=O) groups excluding carboxylic acids is 2. The normalized spacial score (nSPS) is 17.6. The highest BCUT2D eigenvalue weighted by molar-refractivity contribution is 7.15. The molecule has 1 aliphatic rings. The van der Waals surface area contributed by atoms with Crippen LogP contribution in [0, 0.1) is 11.8 Å². The minimum atomic E-state index is -1.02. The topological polar surface area (TPSA) is 111 Å². The number of ether oxygens (including phenoxy) is 3. The summed E-state index contributed by atoms with van der Waals surface area (Å²) in [7, 11) is 4.30. The van der Waals surface area contributed by atoms with Gasteiger partial charge in [-0.05, 0) is 25.0 Å². The van der Waals surface area contributed by atoms with Crippen molar-refractivity contribution < 1.29 is 33.7 Å². The molecule has 3 rings (SSSR count). The fourth-order valence-electron chi connectivity index (χ4n) is 3.56. The number of esters is 1. The van der Waals surface area contributed by atoms with Gasteiger partial charge in [-0.25, -0.2) is 4.79 Å². The molecule has 1 amide bonds. The summed E-state index contributed by atoms with van der Waals surface area (Å²) in [5.74, 6) is -2.55. The van der Waals surface area contributed by atoms with Crippen LogP contribution in [-0.2, 0) is 14.3 Å². The second kappa shape index (κ2) is 9.65. The maximum atomic E-state index is 12.9. The summed E-state index contributed by atoms with van der Waals surface area (Å²) >= 11 is 1.16. The Morgan fingerprint density at radius 1 is 1.03 bits per heavy atom.